The van der Waals surface area contributed by atoms with Crippen LogP contribution in [0.2, 0.25) is 0 Å². The number of carbonyl (C=O) groups excluding carboxylic acids is 1. The van der Waals surface area contributed by atoms with Crippen molar-refractivity contribution in [3.05, 3.63) is 12.2 Å². The van der Waals surface area contributed by atoms with Crippen molar-refractivity contribution in [1.82, 2.24) is 0 Å². The Bertz CT molecular complexity index is 253. The average Bonchev–Trinajstić information content (AvgIpc) is 2.25. The number of aliphatic carboxylic acids is 1. The summed E-state index contributed by atoms with van der Waals surface area (Å²) in [6, 6.07) is 0. The summed E-state index contributed by atoms with van der Waals surface area (Å²) < 4.78 is 15.0. The molecule has 0 spiro atoms. The molecular weight excluding hydrogens is 204 g/mol. The molecule has 6 heteroatoms. The fourth-order valence-corrected chi connectivity index (χ4v) is 0.995. The summed E-state index contributed by atoms with van der Waals surface area (Å²) in [5, 5.41) is 8.24. The predicted octanol–water partition coefficient (Wildman–Crippen LogP) is -0.414. The van der Waals surface area contributed by atoms with Crippen LogP contribution in [-0.2, 0) is 23.8 Å². The molecule has 0 aromatic heterocycles. The second-order valence-corrected chi connectivity index (χ2v) is 2.87. The van der Waals surface area contributed by atoms with E-state index in [2.05, 4.69) is 0 Å². The summed E-state index contributed by atoms with van der Waals surface area (Å²) in [4.78, 5) is 21.0. The van der Waals surface area contributed by atoms with E-state index in [1.807, 2.05) is 0 Å². The Hall–Kier alpha value is -1.40. The molecule has 0 bridgehead atoms. The molecular formula is C9H12O6. The van der Waals surface area contributed by atoms with Gasteiger partial charge in [0.15, 0.2) is 0 Å². The first-order chi connectivity index (χ1) is 7.18. The van der Waals surface area contributed by atoms with E-state index in [0.717, 1.165) is 12.2 Å². The Morgan fingerprint density at radius 3 is 2.80 bits per heavy atom. The van der Waals surface area contributed by atoms with E-state index in [1.165, 1.54) is 0 Å². The van der Waals surface area contributed by atoms with Gasteiger partial charge in [0.25, 0.3) is 0 Å². The number of rotatable bonds is 4. The summed E-state index contributed by atoms with van der Waals surface area (Å²) in [7, 11) is 0. The van der Waals surface area contributed by atoms with Crippen LogP contribution in [0.1, 0.15) is 0 Å². The number of carbonyl (C=O) groups is 2. The third-order valence-electron chi connectivity index (χ3n) is 1.66. The molecule has 1 atom stereocenters. The van der Waals surface area contributed by atoms with Crippen LogP contribution < -0.4 is 0 Å². The van der Waals surface area contributed by atoms with E-state index in [-0.39, 0.29) is 12.7 Å². The number of ether oxygens (including phenoxy) is 3. The molecule has 0 saturated carbocycles. The van der Waals surface area contributed by atoms with Crippen molar-refractivity contribution in [2.24, 2.45) is 0 Å². The molecule has 6 nitrogen and oxygen atoms in total. The largest absolute Gasteiger partial charge is 0.478 e. The van der Waals surface area contributed by atoms with Crippen LogP contribution in [0.4, 0.5) is 0 Å². The predicted molar refractivity (Wildman–Crippen MR) is 48.3 cm³/mol. The Balaban J connectivity index is 2.18. The molecule has 1 aliphatic heterocycles. The number of carboxylic acids is 1. The fourth-order valence-electron chi connectivity index (χ4n) is 0.995. The van der Waals surface area contributed by atoms with E-state index in [9.17, 15) is 9.59 Å². The monoisotopic (exact) mass is 216 g/mol. The van der Waals surface area contributed by atoms with E-state index < -0.39 is 11.9 Å². The van der Waals surface area contributed by atoms with Crippen molar-refractivity contribution >= 4 is 11.9 Å². The maximum atomic E-state index is 10.9. The number of hydrogen-bond donors (Lipinski definition) is 1. The molecule has 84 valence electrons. The molecule has 1 rings (SSSR count). The van der Waals surface area contributed by atoms with Crippen LogP contribution in [0, 0.1) is 0 Å². The zero-order chi connectivity index (χ0) is 11.1. The summed E-state index contributed by atoms with van der Waals surface area (Å²) in [6.07, 6.45) is 1.31. The lowest BCUT2D eigenvalue weighted by atomic mass is 10.4. The van der Waals surface area contributed by atoms with Gasteiger partial charge in [0.05, 0.1) is 19.8 Å². The Morgan fingerprint density at radius 2 is 2.20 bits per heavy atom. The molecule has 0 aromatic rings. The van der Waals surface area contributed by atoms with Gasteiger partial charge < -0.3 is 19.3 Å². The molecule has 0 radical (unpaired) electrons. The van der Waals surface area contributed by atoms with E-state index in [0.29, 0.717) is 19.8 Å². The van der Waals surface area contributed by atoms with Gasteiger partial charge in [-0.3, -0.25) is 0 Å². The van der Waals surface area contributed by atoms with Gasteiger partial charge in [-0.05, 0) is 0 Å². The van der Waals surface area contributed by atoms with Gasteiger partial charge in [0.2, 0.25) is 0 Å². The smallest absolute Gasteiger partial charge is 0.331 e. The maximum absolute atomic E-state index is 10.9. The topological polar surface area (TPSA) is 82.1 Å². The van der Waals surface area contributed by atoms with Crippen LogP contribution in [-0.4, -0.2) is 49.6 Å². The summed E-state index contributed by atoms with van der Waals surface area (Å²) in [5.74, 6) is -1.89. The molecule has 0 amide bonds. The third kappa shape index (κ3) is 5.14. The number of esters is 1. The molecule has 1 N–H and O–H groups in total. The highest BCUT2D eigenvalue weighted by Gasteiger charge is 2.15. The van der Waals surface area contributed by atoms with E-state index in [1.54, 1.807) is 0 Å². The van der Waals surface area contributed by atoms with E-state index >= 15 is 0 Å². The summed E-state index contributed by atoms with van der Waals surface area (Å²) in [6.45, 7) is 1.48. The first kappa shape index (κ1) is 11.7. The normalized spacial score (nSPS) is 21.5. The highest BCUT2D eigenvalue weighted by Crippen LogP contribution is 2.01. The van der Waals surface area contributed by atoms with Gasteiger partial charge in [-0.25, -0.2) is 9.59 Å². The Kier molecular flexibility index (Phi) is 4.79. The van der Waals surface area contributed by atoms with Crippen molar-refractivity contribution in [1.29, 1.82) is 0 Å². The second-order valence-electron chi connectivity index (χ2n) is 2.87. The third-order valence-corrected chi connectivity index (χ3v) is 1.66. The van der Waals surface area contributed by atoms with Crippen LogP contribution in [0.5, 0.6) is 0 Å². The number of carboxylic acid groups (broad SMARTS) is 1. The molecule has 15 heavy (non-hydrogen) atoms. The van der Waals surface area contributed by atoms with Gasteiger partial charge >= 0.3 is 11.9 Å². The Morgan fingerprint density at radius 1 is 1.40 bits per heavy atom. The summed E-state index contributed by atoms with van der Waals surface area (Å²) >= 11 is 0. The summed E-state index contributed by atoms with van der Waals surface area (Å²) in [5.41, 5.74) is 0. The first-order valence-electron chi connectivity index (χ1n) is 4.45. The molecule has 1 heterocycles. The van der Waals surface area contributed by atoms with Crippen molar-refractivity contribution < 1.29 is 28.9 Å². The minimum absolute atomic E-state index is 0.0722. The highest BCUT2D eigenvalue weighted by atomic mass is 16.6. The lowest BCUT2D eigenvalue weighted by Gasteiger charge is -2.22. The SMILES string of the molecule is O=C(O)/C=C\C(=O)OCC1COCCO1. The Labute approximate surface area is 86.4 Å². The zero-order valence-electron chi connectivity index (χ0n) is 8.05. The van der Waals surface area contributed by atoms with Crippen LogP contribution in [0.15, 0.2) is 12.2 Å². The van der Waals surface area contributed by atoms with E-state index in [4.69, 9.17) is 19.3 Å². The quantitative estimate of drug-likeness (QED) is 0.508. The van der Waals surface area contributed by atoms with Crippen molar-refractivity contribution in [3.8, 4) is 0 Å². The van der Waals surface area contributed by atoms with Gasteiger partial charge in [0.1, 0.15) is 12.7 Å². The van der Waals surface area contributed by atoms with Crippen LogP contribution in [0.3, 0.4) is 0 Å². The number of hydrogen-bond acceptors (Lipinski definition) is 5. The lowest BCUT2D eigenvalue weighted by Crippen LogP contribution is -2.33. The van der Waals surface area contributed by atoms with Crippen molar-refractivity contribution in [3.63, 3.8) is 0 Å². The second kappa shape index (κ2) is 6.15. The van der Waals surface area contributed by atoms with Crippen molar-refractivity contribution in [2.75, 3.05) is 26.4 Å². The molecule has 0 aromatic carbocycles. The van der Waals surface area contributed by atoms with Gasteiger partial charge in [-0.15, -0.1) is 0 Å². The van der Waals surface area contributed by atoms with Crippen LogP contribution in [0.25, 0.3) is 0 Å². The van der Waals surface area contributed by atoms with Gasteiger partial charge in [0, 0.05) is 12.2 Å². The van der Waals surface area contributed by atoms with Crippen molar-refractivity contribution in [2.45, 2.75) is 6.10 Å². The van der Waals surface area contributed by atoms with Gasteiger partial charge in [-0.2, -0.15) is 0 Å². The van der Waals surface area contributed by atoms with Crippen LogP contribution >= 0.6 is 0 Å². The molecule has 0 aliphatic carbocycles. The maximum Gasteiger partial charge on any atom is 0.331 e. The molecule has 1 unspecified atom stereocenters. The van der Waals surface area contributed by atoms with Gasteiger partial charge in [-0.1, -0.05) is 0 Å². The average molecular weight is 216 g/mol. The minimum atomic E-state index is -1.19. The molecule has 1 aliphatic rings. The molecule has 1 saturated heterocycles. The highest BCUT2D eigenvalue weighted by molar-refractivity contribution is 5.90. The minimum Gasteiger partial charge on any atom is -0.478 e. The zero-order valence-corrected chi connectivity index (χ0v) is 8.05. The standard InChI is InChI=1S/C9H12O6/c10-8(11)1-2-9(12)15-6-7-5-13-3-4-14-7/h1-2,7H,3-6H2,(H,10,11)/b2-1-. The molecule has 1 fully saturated rings. The fraction of sp³-hybridized carbons (Fsp3) is 0.556. The first-order valence-corrected chi connectivity index (χ1v) is 4.45. The lowest BCUT2D eigenvalue weighted by molar-refractivity contribution is -0.150.